The Kier molecular flexibility index (Phi) is 3.51. The Morgan fingerprint density at radius 2 is 2.00 bits per heavy atom. The van der Waals surface area contributed by atoms with Gasteiger partial charge in [-0.2, -0.15) is 0 Å². The fraction of sp³-hybridized carbons (Fsp3) is 0.455. The zero-order valence-electron chi connectivity index (χ0n) is 9.19. The molecule has 1 saturated heterocycles. The van der Waals surface area contributed by atoms with Crippen molar-refractivity contribution in [1.29, 1.82) is 0 Å². The molecule has 1 aliphatic rings. The van der Waals surface area contributed by atoms with Gasteiger partial charge < -0.3 is 15.1 Å². The van der Waals surface area contributed by atoms with Gasteiger partial charge in [0.05, 0.1) is 0 Å². The Morgan fingerprint density at radius 1 is 1.35 bits per heavy atom. The lowest BCUT2D eigenvalue weighted by atomic mass is 9.96. The van der Waals surface area contributed by atoms with E-state index in [2.05, 4.69) is 15.9 Å². The van der Waals surface area contributed by atoms with Gasteiger partial charge in [0.25, 0.3) is 5.91 Å². The van der Waals surface area contributed by atoms with Crippen molar-refractivity contribution >= 4 is 27.7 Å². The quantitative estimate of drug-likeness (QED) is 0.896. The minimum Gasteiger partial charge on any atom is -0.444 e. The number of nitrogens with zero attached hydrogens (tertiary/aromatic N) is 1. The van der Waals surface area contributed by atoms with E-state index in [1.165, 1.54) is 0 Å². The van der Waals surface area contributed by atoms with Crippen molar-refractivity contribution in [3.8, 4) is 0 Å². The van der Waals surface area contributed by atoms with Crippen LogP contribution in [0.4, 0.5) is 0 Å². The highest BCUT2D eigenvalue weighted by Gasteiger charge is 2.27. The number of carbonyl (C=O) groups excluding carboxylic acids is 2. The molecule has 0 atom stereocenters. The topological polar surface area (TPSA) is 76.5 Å². The fourth-order valence-corrected chi connectivity index (χ4v) is 2.26. The van der Waals surface area contributed by atoms with Crippen LogP contribution in [-0.2, 0) is 4.79 Å². The van der Waals surface area contributed by atoms with Crippen molar-refractivity contribution in [2.75, 3.05) is 13.1 Å². The Balaban J connectivity index is 1.97. The number of amides is 2. The lowest BCUT2D eigenvalue weighted by Gasteiger charge is -2.29. The number of piperidine rings is 1. The van der Waals surface area contributed by atoms with E-state index < -0.39 is 0 Å². The van der Waals surface area contributed by atoms with Crippen LogP contribution in [0, 0.1) is 5.92 Å². The number of likely N-dealkylation sites (tertiary alicyclic amines) is 1. The number of halogens is 1. The van der Waals surface area contributed by atoms with Crippen LogP contribution < -0.4 is 5.73 Å². The second-order valence-electron chi connectivity index (χ2n) is 4.07. The second-order valence-corrected chi connectivity index (χ2v) is 4.85. The number of hydrogen-bond acceptors (Lipinski definition) is 3. The van der Waals surface area contributed by atoms with Crippen molar-refractivity contribution in [3.63, 3.8) is 0 Å². The maximum atomic E-state index is 12.0. The SMILES string of the molecule is NC(=O)C1CCN(C(=O)c2ccc(Br)o2)CC1. The van der Waals surface area contributed by atoms with Crippen molar-refractivity contribution in [3.05, 3.63) is 22.6 Å². The van der Waals surface area contributed by atoms with E-state index in [1.807, 2.05) is 0 Å². The molecule has 17 heavy (non-hydrogen) atoms. The molecule has 0 spiro atoms. The maximum Gasteiger partial charge on any atom is 0.289 e. The summed E-state index contributed by atoms with van der Waals surface area (Å²) < 4.78 is 5.74. The maximum absolute atomic E-state index is 12.0. The first-order chi connectivity index (χ1) is 8.08. The molecule has 0 aromatic carbocycles. The highest BCUT2D eigenvalue weighted by molar-refractivity contribution is 9.10. The lowest BCUT2D eigenvalue weighted by molar-refractivity contribution is -0.123. The van der Waals surface area contributed by atoms with Gasteiger partial charge in [-0.05, 0) is 40.9 Å². The molecule has 1 aromatic rings. The summed E-state index contributed by atoms with van der Waals surface area (Å²) in [6.07, 6.45) is 1.26. The summed E-state index contributed by atoms with van der Waals surface area (Å²) in [6, 6.07) is 3.32. The van der Waals surface area contributed by atoms with Gasteiger partial charge in [-0.1, -0.05) is 0 Å². The fourth-order valence-electron chi connectivity index (χ4n) is 1.95. The highest BCUT2D eigenvalue weighted by Crippen LogP contribution is 2.20. The predicted molar refractivity (Wildman–Crippen MR) is 64.2 cm³/mol. The molecule has 2 amide bonds. The van der Waals surface area contributed by atoms with Gasteiger partial charge in [-0.25, -0.2) is 0 Å². The van der Waals surface area contributed by atoms with E-state index in [0.717, 1.165) is 0 Å². The molecule has 1 aromatic heterocycles. The van der Waals surface area contributed by atoms with Crippen molar-refractivity contribution < 1.29 is 14.0 Å². The Morgan fingerprint density at radius 3 is 2.47 bits per heavy atom. The third-order valence-corrected chi connectivity index (χ3v) is 3.39. The summed E-state index contributed by atoms with van der Waals surface area (Å²) in [6.45, 7) is 1.09. The number of carbonyl (C=O) groups is 2. The number of rotatable bonds is 2. The number of hydrogen-bond donors (Lipinski definition) is 1. The van der Waals surface area contributed by atoms with E-state index in [0.29, 0.717) is 36.4 Å². The number of furan rings is 1. The van der Waals surface area contributed by atoms with Crippen LogP contribution >= 0.6 is 15.9 Å². The van der Waals surface area contributed by atoms with Crippen LogP contribution in [-0.4, -0.2) is 29.8 Å². The molecule has 0 radical (unpaired) electrons. The molecule has 0 aliphatic carbocycles. The number of nitrogens with two attached hydrogens (primary N) is 1. The first kappa shape index (κ1) is 12.2. The Bertz CT molecular complexity index is 436. The molecule has 0 unspecified atom stereocenters. The molecule has 2 heterocycles. The summed E-state index contributed by atoms with van der Waals surface area (Å²) in [5.74, 6) is -0.215. The van der Waals surface area contributed by atoms with Crippen LogP contribution in [0.25, 0.3) is 0 Å². The molecule has 1 fully saturated rings. The van der Waals surface area contributed by atoms with Gasteiger partial charge in [0.2, 0.25) is 5.91 Å². The van der Waals surface area contributed by atoms with Gasteiger partial charge in [-0.3, -0.25) is 9.59 Å². The van der Waals surface area contributed by atoms with Crippen LogP contribution in [0.1, 0.15) is 23.4 Å². The molecule has 0 bridgehead atoms. The van der Waals surface area contributed by atoms with Crippen LogP contribution in [0.5, 0.6) is 0 Å². The summed E-state index contributed by atoms with van der Waals surface area (Å²) in [5, 5.41) is 0. The largest absolute Gasteiger partial charge is 0.444 e. The lowest BCUT2D eigenvalue weighted by Crippen LogP contribution is -2.41. The van der Waals surface area contributed by atoms with E-state index in [1.54, 1.807) is 17.0 Å². The molecule has 0 saturated carbocycles. The van der Waals surface area contributed by atoms with E-state index in [-0.39, 0.29) is 17.7 Å². The zero-order chi connectivity index (χ0) is 12.4. The minimum absolute atomic E-state index is 0.109. The van der Waals surface area contributed by atoms with Gasteiger partial charge in [0, 0.05) is 19.0 Å². The smallest absolute Gasteiger partial charge is 0.289 e. The summed E-state index contributed by atoms with van der Waals surface area (Å²) in [4.78, 5) is 24.7. The zero-order valence-corrected chi connectivity index (χ0v) is 10.8. The minimum atomic E-state index is -0.280. The molecule has 92 valence electrons. The first-order valence-corrected chi connectivity index (χ1v) is 6.21. The predicted octanol–water partition coefficient (Wildman–Crippen LogP) is 1.38. The normalized spacial score (nSPS) is 17.1. The average Bonchev–Trinajstić information content (AvgIpc) is 2.75. The molecule has 5 nitrogen and oxygen atoms in total. The number of primary amides is 1. The van der Waals surface area contributed by atoms with Crippen LogP contribution in [0.3, 0.4) is 0 Å². The van der Waals surface area contributed by atoms with Gasteiger partial charge in [0.15, 0.2) is 10.4 Å². The Labute approximate surface area is 107 Å². The molecule has 2 rings (SSSR count). The van der Waals surface area contributed by atoms with Crippen molar-refractivity contribution in [2.45, 2.75) is 12.8 Å². The van der Waals surface area contributed by atoms with E-state index in [9.17, 15) is 9.59 Å². The van der Waals surface area contributed by atoms with E-state index in [4.69, 9.17) is 10.2 Å². The third kappa shape index (κ3) is 2.69. The molecular formula is C11H13BrN2O3. The second kappa shape index (κ2) is 4.91. The standard InChI is InChI=1S/C11H13BrN2O3/c12-9-2-1-8(17-9)11(16)14-5-3-7(4-6-14)10(13)15/h1-2,7H,3-6H2,(H2,13,15). The third-order valence-electron chi connectivity index (χ3n) is 2.97. The van der Waals surface area contributed by atoms with Crippen molar-refractivity contribution in [1.82, 2.24) is 4.90 Å². The molecular weight excluding hydrogens is 288 g/mol. The van der Waals surface area contributed by atoms with E-state index >= 15 is 0 Å². The summed E-state index contributed by atoms with van der Waals surface area (Å²) in [5.41, 5.74) is 5.24. The summed E-state index contributed by atoms with van der Waals surface area (Å²) >= 11 is 3.15. The van der Waals surface area contributed by atoms with Gasteiger partial charge in [-0.15, -0.1) is 0 Å². The highest BCUT2D eigenvalue weighted by atomic mass is 79.9. The first-order valence-electron chi connectivity index (χ1n) is 5.42. The van der Waals surface area contributed by atoms with Gasteiger partial charge >= 0.3 is 0 Å². The monoisotopic (exact) mass is 300 g/mol. The van der Waals surface area contributed by atoms with Gasteiger partial charge in [0.1, 0.15) is 0 Å². The van der Waals surface area contributed by atoms with Crippen LogP contribution in [0.15, 0.2) is 21.2 Å². The van der Waals surface area contributed by atoms with Crippen LogP contribution in [0.2, 0.25) is 0 Å². The molecule has 6 heteroatoms. The van der Waals surface area contributed by atoms with Crippen molar-refractivity contribution in [2.24, 2.45) is 11.7 Å². The summed E-state index contributed by atoms with van der Waals surface area (Å²) in [7, 11) is 0. The Hall–Kier alpha value is -1.30. The molecule has 2 N–H and O–H groups in total. The average molecular weight is 301 g/mol. The molecule has 1 aliphatic heterocycles.